The van der Waals surface area contributed by atoms with Gasteiger partial charge in [0.05, 0.1) is 17.2 Å². The summed E-state index contributed by atoms with van der Waals surface area (Å²) in [6, 6.07) is 19.2. The van der Waals surface area contributed by atoms with Crippen molar-refractivity contribution in [2.45, 2.75) is 57.6 Å². The molecule has 0 fully saturated rings. The standard InChI is InChI=1S/C30H36FN3O5S/c1-6-39-27-19-13-12-18-26(27)34(40(37,38)24-15-8-7-9-16-24)21-28(35)33(20-23-14-10-11-17-25(23)31)22(2)29(36)32-30(3,4)5/h7-19,22H,6,20-21H2,1-5H3,(H,32,36). The number of para-hydroxylation sites is 2. The number of sulfonamides is 1. The summed E-state index contributed by atoms with van der Waals surface area (Å²) >= 11 is 0. The van der Waals surface area contributed by atoms with E-state index in [1.807, 2.05) is 0 Å². The summed E-state index contributed by atoms with van der Waals surface area (Å²) in [5.74, 6) is -1.41. The molecule has 3 aromatic carbocycles. The number of anilines is 1. The maximum Gasteiger partial charge on any atom is 0.264 e. The van der Waals surface area contributed by atoms with Gasteiger partial charge in [0.15, 0.2) is 0 Å². The smallest absolute Gasteiger partial charge is 0.264 e. The van der Waals surface area contributed by atoms with Gasteiger partial charge in [-0.05, 0) is 65.0 Å². The zero-order chi connectivity index (χ0) is 29.5. The molecule has 3 rings (SSSR count). The van der Waals surface area contributed by atoms with Crippen LogP contribution in [0, 0.1) is 5.82 Å². The van der Waals surface area contributed by atoms with Crippen LogP contribution >= 0.6 is 0 Å². The zero-order valence-electron chi connectivity index (χ0n) is 23.4. The molecule has 0 bridgehead atoms. The van der Waals surface area contributed by atoms with E-state index in [2.05, 4.69) is 5.32 Å². The van der Waals surface area contributed by atoms with E-state index in [9.17, 15) is 22.4 Å². The summed E-state index contributed by atoms with van der Waals surface area (Å²) in [5, 5.41) is 2.84. The molecule has 0 aliphatic rings. The van der Waals surface area contributed by atoms with Gasteiger partial charge in [0.1, 0.15) is 24.2 Å². The molecule has 40 heavy (non-hydrogen) atoms. The van der Waals surface area contributed by atoms with Gasteiger partial charge in [-0.1, -0.05) is 48.5 Å². The molecule has 0 aromatic heterocycles. The topological polar surface area (TPSA) is 96.0 Å². The molecule has 0 saturated carbocycles. The first-order valence-electron chi connectivity index (χ1n) is 13.0. The van der Waals surface area contributed by atoms with E-state index in [0.717, 1.165) is 4.31 Å². The van der Waals surface area contributed by atoms with Crippen LogP contribution in [0.15, 0.2) is 83.8 Å². The van der Waals surface area contributed by atoms with Gasteiger partial charge < -0.3 is 15.0 Å². The molecule has 0 heterocycles. The highest BCUT2D eigenvalue weighted by molar-refractivity contribution is 7.92. The number of hydrogen-bond acceptors (Lipinski definition) is 5. The fraction of sp³-hybridized carbons (Fsp3) is 0.333. The van der Waals surface area contributed by atoms with E-state index in [0.29, 0.717) is 0 Å². The van der Waals surface area contributed by atoms with Gasteiger partial charge in [0.25, 0.3) is 10.0 Å². The molecular formula is C30H36FN3O5S. The lowest BCUT2D eigenvalue weighted by Crippen LogP contribution is -2.54. The second-order valence-corrected chi connectivity index (χ2v) is 12.1. The number of amides is 2. The van der Waals surface area contributed by atoms with Crippen LogP contribution in [0.1, 0.15) is 40.2 Å². The first-order chi connectivity index (χ1) is 18.8. The Morgan fingerprint density at radius 2 is 1.55 bits per heavy atom. The van der Waals surface area contributed by atoms with Crippen molar-refractivity contribution in [1.29, 1.82) is 0 Å². The largest absolute Gasteiger partial charge is 0.492 e. The molecular weight excluding hydrogens is 533 g/mol. The lowest BCUT2D eigenvalue weighted by atomic mass is 10.1. The summed E-state index contributed by atoms with van der Waals surface area (Å²) in [5.41, 5.74) is -0.227. The number of rotatable bonds is 11. The van der Waals surface area contributed by atoms with Crippen LogP contribution in [0.3, 0.4) is 0 Å². The fourth-order valence-corrected chi connectivity index (χ4v) is 5.49. The van der Waals surface area contributed by atoms with Gasteiger partial charge in [0.2, 0.25) is 11.8 Å². The van der Waals surface area contributed by atoms with Crippen molar-refractivity contribution < 1.29 is 27.1 Å². The Morgan fingerprint density at radius 1 is 0.950 bits per heavy atom. The van der Waals surface area contributed by atoms with Crippen LogP contribution in [0.5, 0.6) is 5.75 Å². The monoisotopic (exact) mass is 569 g/mol. The van der Waals surface area contributed by atoms with Crippen LogP contribution < -0.4 is 14.4 Å². The number of hydrogen-bond donors (Lipinski definition) is 1. The summed E-state index contributed by atoms with van der Waals surface area (Å²) in [6.07, 6.45) is 0. The molecule has 0 radical (unpaired) electrons. The summed E-state index contributed by atoms with van der Waals surface area (Å²) in [4.78, 5) is 28.3. The molecule has 10 heteroatoms. The lowest BCUT2D eigenvalue weighted by molar-refractivity contribution is -0.140. The Labute approximate surface area is 235 Å². The molecule has 2 amide bonds. The van der Waals surface area contributed by atoms with Crippen LogP contribution in [0.4, 0.5) is 10.1 Å². The highest BCUT2D eigenvalue weighted by Crippen LogP contribution is 2.33. The van der Waals surface area contributed by atoms with Gasteiger partial charge in [-0.15, -0.1) is 0 Å². The Bertz CT molecular complexity index is 1420. The predicted molar refractivity (Wildman–Crippen MR) is 153 cm³/mol. The minimum atomic E-state index is -4.25. The van der Waals surface area contributed by atoms with Crippen molar-refractivity contribution in [3.05, 3.63) is 90.2 Å². The summed E-state index contributed by atoms with van der Waals surface area (Å²) in [6.45, 7) is 8.10. The van der Waals surface area contributed by atoms with Gasteiger partial charge >= 0.3 is 0 Å². The number of carbonyl (C=O) groups excluding carboxylic acids is 2. The highest BCUT2D eigenvalue weighted by Gasteiger charge is 2.34. The Morgan fingerprint density at radius 3 is 2.17 bits per heavy atom. The maximum absolute atomic E-state index is 14.7. The molecule has 0 spiro atoms. The average molecular weight is 570 g/mol. The second-order valence-electron chi connectivity index (χ2n) is 10.3. The van der Waals surface area contributed by atoms with Crippen molar-refractivity contribution in [3.8, 4) is 5.75 Å². The number of nitrogens with one attached hydrogen (secondary N) is 1. The Kier molecular flexibility index (Phi) is 9.92. The van der Waals surface area contributed by atoms with E-state index in [1.165, 1.54) is 42.2 Å². The van der Waals surface area contributed by atoms with Crippen LogP contribution in [-0.2, 0) is 26.2 Å². The highest BCUT2D eigenvalue weighted by atomic mass is 32.2. The minimum absolute atomic E-state index is 0.0201. The van der Waals surface area contributed by atoms with Gasteiger partial charge in [-0.3, -0.25) is 13.9 Å². The Hall–Kier alpha value is -3.92. The number of halogens is 1. The molecule has 0 saturated heterocycles. The number of benzene rings is 3. The first kappa shape index (κ1) is 30.6. The molecule has 8 nitrogen and oxygen atoms in total. The predicted octanol–water partition coefficient (Wildman–Crippen LogP) is 4.75. The van der Waals surface area contributed by atoms with Crippen LogP contribution in [0.25, 0.3) is 0 Å². The molecule has 214 valence electrons. The summed E-state index contributed by atoms with van der Waals surface area (Å²) < 4.78 is 49.2. The summed E-state index contributed by atoms with van der Waals surface area (Å²) in [7, 11) is -4.25. The van der Waals surface area contributed by atoms with E-state index < -0.39 is 45.8 Å². The lowest BCUT2D eigenvalue weighted by Gasteiger charge is -2.33. The molecule has 0 aliphatic carbocycles. The quantitative estimate of drug-likeness (QED) is 0.360. The van der Waals surface area contributed by atoms with Crippen LogP contribution in [0.2, 0.25) is 0 Å². The zero-order valence-corrected chi connectivity index (χ0v) is 24.2. The third kappa shape index (κ3) is 7.59. The SMILES string of the molecule is CCOc1ccccc1N(CC(=O)N(Cc1ccccc1F)C(C)C(=O)NC(C)(C)C)S(=O)(=O)c1ccccc1. The fourth-order valence-electron chi connectivity index (χ4n) is 4.04. The molecule has 3 aromatic rings. The van der Waals surface area contributed by atoms with Crippen molar-refractivity contribution in [2.24, 2.45) is 0 Å². The van der Waals surface area contributed by atoms with E-state index >= 15 is 0 Å². The normalized spacial score (nSPS) is 12.3. The van der Waals surface area contributed by atoms with Crippen molar-refractivity contribution in [1.82, 2.24) is 10.2 Å². The minimum Gasteiger partial charge on any atom is -0.492 e. The number of ether oxygens (including phenoxy) is 1. The average Bonchev–Trinajstić information content (AvgIpc) is 2.91. The van der Waals surface area contributed by atoms with Gasteiger partial charge in [-0.25, -0.2) is 12.8 Å². The van der Waals surface area contributed by atoms with Gasteiger partial charge in [0, 0.05) is 17.6 Å². The Balaban J connectivity index is 2.09. The number of carbonyl (C=O) groups is 2. The molecule has 1 N–H and O–H groups in total. The first-order valence-corrected chi connectivity index (χ1v) is 14.4. The van der Waals surface area contributed by atoms with Gasteiger partial charge in [-0.2, -0.15) is 0 Å². The number of nitrogens with zero attached hydrogens (tertiary/aromatic N) is 2. The molecule has 0 aliphatic heterocycles. The third-order valence-corrected chi connectivity index (χ3v) is 7.78. The van der Waals surface area contributed by atoms with E-state index in [4.69, 9.17) is 4.74 Å². The third-order valence-electron chi connectivity index (χ3n) is 6.01. The molecule has 1 unspecified atom stereocenters. The van der Waals surface area contributed by atoms with Crippen molar-refractivity contribution in [2.75, 3.05) is 17.5 Å². The maximum atomic E-state index is 14.7. The second kappa shape index (κ2) is 13.0. The van der Waals surface area contributed by atoms with E-state index in [1.54, 1.807) is 76.2 Å². The molecule has 1 atom stereocenters. The van der Waals surface area contributed by atoms with Crippen molar-refractivity contribution in [3.63, 3.8) is 0 Å². The van der Waals surface area contributed by atoms with E-state index in [-0.39, 0.29) is 35.0 Å². The van der Waals surface area contributed by atoms with Crippen LogP contribution in [-0.4, -0.2) is 49.9 Å². The van der Waals surface area contributed by atoms with Crippen molar-refractivity contribution >= 4 is 27.5 Å².